The summed E-state index contributed by atoms with van der Waals surface area (Å²) in [5, 5.41) is -8.81. The van der Waals surface area contributed by atoms with E-state index in [9.17, 15) is 26.3 Å². The predicted molar refractivity (Wildman–Crippen MR) is 28.4 cm³/mol. The van der Waals surface area contributed by atoms with E-state index < -0.39 is 44.3 Å². The molecule has 8 heteroatoms. The molecule has 0 nitrogen and oxygen atoms in total. The van der Waals surface area contributed by atoms with E-state index in [1.165, 1.54) is 0 Å². The fraction of sp³-hybridized carbons (Fsp3) is 1.00. The van der Waals surface area contributed by atoms with Gasteiger partial charge in [-0.15, -0.1) is 0 Å². The van der Waals surface area contributed by atoms with Crippen LogP contribution in [0.3, 0.4) is 0 Å². The molecule has 11 heavy (non-hydrogen) atoms. The maximum atomic E-state index is 11.3. The van der Waals surface area contributed by atoms with Crippen molar-refractivity contribution in [3.05, 3.63) is 0 Å². The summed E-state index contributed by atoms with van der Waals surface area (Å²) in [6, 6.07) is 0. The Morgan fingerprint density at radius 1 is 0.727 bits per heavy atom. The van der Waals surface area contributed by atoms with Crippen LogP contribution in [0.1, 0.15) is 0 Å². The molecule has 0 unspecified atom stereocenters. The molecule has 0 atom stereocenters. The van der Waals surface area contributed by atoms with Gasteiger partial charge in [0.05, 0.1) is 0 Å². The minimum atomic E-state index is -4.40. The number of halogens is 6. The van der Waals surface area contributed by atoms with Crippen LogP contribution < -0.4 is 0 Å². The number of hydrogen-bond donors (Lipinski definition) is 0. The summed E-state index contributed by atoms with van der Waals surface area (Å²) in [4.78, 5) is 0. The Labute approximate surface area is 71.0 Å². The molecule has 0 aromatic carbocycles. The fourth-order valence-electron chi connectivity index (χ4n) is 0.163. The molecule has 0 fully saturated rings. The van der Waals surface area contributed by atoms with E-state index in [-0.39, 0.29) is 0 Å². The Morgan fingerprint density at radius 2 is 1.00 bits per heavy atom. The summed E-state index contributed by atoms with van der Waals surface area (Å²) < 4.78 is 67.1. The second kappa shape index (κ2) is 4.03. The Morgan fingerprint density at radius 3 is 1.18 bits per heavy atom. The van der Waals surface area contributed by atoms with E-state index in [0.29, 0.717) is 0 Å². The molecule has 0 saturated carbocycles. The third-order valence-electron chi connectivity index (χ3n) is 0.445. The van der Waals surface area contributed by atoms with Gasteiger partial charge in [-0.05, 0) is 0 Å². The molecule has 0 amide bonds. The Kier molecular flexibility index (Phi) is 4.25. The van der Waals surface area contributed by atoms with Gasteiger partial charge in [0.15, 0.2) is 0 Å². The first-order valence-corrected chi connectivity index (χ1v) is 6.26. The second-order valence-corrected chi connectivity index (χ2v) is 7.52. The summed E-state index contributed by atoms with van der Waals surface area (Å²) in [5.41, 5.74) is 0. The molecular weight excluding hydrogens is 308 g/mol. The van der Waals surface area contributed by atoms with Crippen molar-refractivity contribution in [2.24, 2.45) is 0 Å². The van der Waals surface area contributed by atoms with E-state index in [1.54, 1.807) is 0 Å². The predicted octanol–water partition coefficient (Wildman–Crippen LogP) is 1.81. The minimum absolute atomic E-state index is 0.757. The third-order valence-corrected chi connectivity index (χ3v) is 4.88. The summed E-state index contributed by atoms with van der Waals surface area (Å²) in [7, 11) is 0. The van der Waals surface area contributed by atoms with Crippen molar-refractivity contribution < 1.29 is 26.3 Å². The summed E-state index contributed by atoms with van der Waals surface area (Å²) in [6.07, 6.45) is 0. The zero-order valence-corrected chi connectivity index (χ0v) is 8.22. The van der Waals surface area contributed by atoms with Crippen LogP contribution in [0.25, 0.3) is 0 Å². The molecule has 0 bridgehead atoms. The van der Waals surface area contributed by atoms with Crippen LogP contribution in [0.5, 0.6) is 0 Å². The molecule has 0 N–H and O–H groups in total. The van der Waals surface area contributed by atoms with Crippen LogP contribution in [0.2, 0.25) is 4.22 Å². The van der Waals surface area contributed by atoms with Gasteiger partial charge < -0.3 is 0 Å². The van der Waals surface area contributed by atoms with Crippen LogP contribution >= 0.6 is 0 Å². The summed E-state index contributed by atoms with van der Waals surface area (Å²) in [6.45, 7) is 0. The molecule has 0 aromatic heterocycles. The number of hydrogen-bond acceptors (Lipinski definition) is 0. The normalized spacial score (nSPS) is 13.6. The van der Waals surface area contributed by atoms with E-state index in [1.807, 2.05) is 0 Å². The zero-order valence-electron chi connectivity index (χ0n) is 4.79. The van der Waals surface area contributed by atoms with Crippen LogP contribution in [0.4, 0.5) is 26.3 Å². The molecule has 0 aliphatic carbocycles. The van der Waals surface area contributed by atoms with Gasteiger partial charge >= 0.3 is 70.6 Å². The Hall–Kier alpha value is 0.619. The first-order valence-electron chi connectivity index (χ1n) is 2.12. The first-order chi connectivity index (χ1) is 4.71. The average Bonchev–Trinajstić information content (AvgIpc) is 1.55. The second-order valence-electron chi connectivity index (χ2n) is 1.30. The van der Waals surface area contributed by atoms with Crippen LogP contribution in [-0.2, 0) is 0 Å². The van der Waals surface area contributed by atoms with Gasteiger partial charge in [-0.2, -0.15) is 0 Å². The monoisotopic (exact) mass is 312 g/mol. The average molecular weight is 310 g/mol. The number of alkyl halides is 6. The Bertz CT molecular complexity index is 100.0. The van der Waals surface area contributed by atoms with Crippen LogP contribution in [-0.4, -0.2) is 40.1 Å². The van der Waals surface area contributed by atoms with Crippen molar-refractivity contribution in [2.45, 2.75) is 14.4 Å². The quantitative estimate of drug-likeness (QED) is 0.539. The zero-order chi connectivity index (χ0) is 9.12. The third kappa shape index (κ3) is 10.6. The molecule has 0 aliphatic heterocycles. The van der Waals surface area contributed by atoms with Gasteiger partial charge in [-0.25, -0.2) is 0 Å². The van der Waals surface area contributed by atoms with Gasteiger partial charge in [-0.1, -0.05) is 0 Å². The standard InChI is InChI=1S/C3H2F6Se2/c4-2(5,6)10-1-11-3(7,8)9/h1H2. The molecular formula is C3H2F6Se2. The van der Waals surface area contributed by atoms with Crippen molar-refractivity contribution in [3.63, 3.8) is 0 Å². The summed E-state index contributed by atoms with van der Waals surface area (Å²) in [5.74, 6) is 0. The van der Waals surface area contributed by atoms with Gasteiger partial charge in [0.25, 0.3) is 0 Å². The van der Waals surface area contributed by atoms with Gasteiger partial charge in [0.2, 0.25) is 0 Å². The van der Waals surface area contributed by atoms with Crippen molar-refractivity contribution >= 4 is 29.9 Å². The SMILES string of the molecule is FC(F)(F)[Se]C[Se]C(F)(F)F. The number of rotatable bonds is 2. The summed E-state index contributed by atoms with van der Waals surface area (Å²) >= 11 is -3.74. The van der Waals surface area contributed by atoms with Gasteiger partial charge in [-0.3, -0.25) is 0 Å². The topological polar surface area (TPSA) is 0 Å². The van der Waals surface area contributed by atoms with Crippen molar-refractivity contribution in [2.75, 3.05) is 0 Å². The molecule has 68 valence electrons. The Balaban J connectivity index is 3.44. The molecule has 0 aliphatic rings. The van der Waals surface area contributed by atoms with Crippen molar-refractivity contribution in [3.8, 4) is 0 Å². The van der Waals surface area contributed by atoms with E-state index >= 15 is 0 Å². The molecule has 0 radical (unpaired) electrons. The van der Waals surface area contributed by atoms with Crippen LogP contribution in [0.15, 0.2) is 0 Å². The molecule has 0 heterocycles. The van der Waals surface area contributed by atoms with Gasteiger partial charge in [0, 0.05) is 0 Å². The molecule has 0 aromatic rings. The molecule has 0 saturated heterocycles. The van der Waals surface area contributed by atoms with Gasteiger partial charge in [0.1, 0.15) is 0 Å². The van der Waals surface area contributed by atoms with E-state index in [0.717, 1.165) is 0 Å². The maximum absolute atomic E-state index is 11.3. The molecule has 0 rings (SSSR count). The fourth-order valence-corrected chi connectivity index (χ4v) is 4.40. The van der Waals surface area contributed by atoms with Crippen molar-refractivity contribution in [1.82, 2.24) is 0 Å². The van der Waals surface area contributed by atoms with E-state index in [4.69, 9.17) is 0 Å². The van der Waals surface area contributed by atoms with Crippen LogP contribution in [0, 0.1) is 0 Å². The molecule has 0 spiro atoms. The first kappa shape index (κ1) is 11.6. The van der Waals surface area contributed by atoms with E-state index in [2.05, 4.69) is 0 Å². The van der Waals surface area contributed by atoms with Crippen molar-refractivity contribution in [1.29, 1.82) is 0 Å².